The summed E-state index contributed by atoms with van der Waals surface area (Å²) in [6, 6.07) is 11.4. The third kappa shape index (κ3) is 4.10. The van der Waals surface area contributed by atoms with Gasteiger partial charge in [0, 0.05) is 23.4 Å². The molecule has 0 aliphatic rings. The first-order valence-electron chi connectivity index (χ1n) is 8.49. The number of carbonyl (C=O) groups excluding carboxylic acids is 1. The molecule has 1 amide bonds. The molecule has 8 nitrogen and oxygen atoms in total. The predicted octanol–water partition coefficient (Wildman–Crippen LogP) is 2.34. The zero-order valence-electron chi connectivity index (χ0n) is 15.0. The largest absolute Gasteiger partial charge is 0.306 e. The van der Waals surface area contributed by atoms with Crippen LogP contribution in [0.4, 0.5) is 5.82 Å². The van der Waals surface area contributed by atoms with E-state index in [-0.39, 0.29) is 17.4 Å². The van der Waals surface area contributed by atoms with Crippen LogP contribution in [0.3, 0.4) is 0 Å². The van der Waals surface area contributed by atoms with E-state index in [1.165, 1.54) is 10.7 Å². The highest BCUT2D eigenvalue weighted by molar-refractivity contribution is 6.04. The third-order valence-corrected chi connectivity index (χ3v) is 3.84. The number of aryl methyl sites for hydroxylation is 2. The van der Waals surface area contributed by atoms with Crippen molar-refractivity contribution in [2.45, 2.75) is 26.7 Å². The summed E-state index contributed by atoms with van der Waals surface area (Å²) >= 11 is 0. The Morgan fingerprint density at radius 3 is 2.70 bits per heavy atom. The number of rotatable bonds is 5. The smallest absolute Gasteiger partial charge is 0.256 e. The average Bonchev–Trinajstić information content (AvgIpc) is 3.02. The molecule has 0 spiro atoms. The van der Waals surface area contributed by atoms with E-state index in [0.717, 1.165) is 6.42 Å². The van der Waals surface area contributed by atoms with Crippen LogP contribution in [-0.4, -0.2) is 25.7 Å². The number of nitriles is 1. The standard InChI is InChI=1S/C19H18N6O2/c1-3-4-15-10-17(26)23-19(21-15)25-16(9-12(2)24-25)22-18(27)14-7-5-13(11-20)6-8-14/h5-10H,3-4H2,1-2H3,(H,22,27)(H,21,23,26). The van der Waals surface area contributed by atoms with Crippen molar-refractivity contribution in [2.75, 3.05) is 5.32 Å². The van der Waals surface area contributed by atoms with E-state index in [2.05, 4.69) is 20.4 Å². The first kappa shape index (κ1) is 18.1. The second-order valence-corrected chi connectivity index (χ2v) is 6.04. The van der Waals surface area contributed by atoms with Gasteiger partial charge in [0.15, 0.2) is 0 Å². The van der Waals surface area contributed by atoms with Crippen molar-refractivity contribution in [1.29, 1.82) is 5.26 Å². The zero-order valence-corrected chi connectivity index (χ0v) is 15.0. The fourth-order valence-corrected chi connectivity index (χ4v) is 2.61. The summed E-state index contributed by atoms with van der Waals surface area (Å²) in [6.07, 6.45) is 1.53. The maximum absolute atomic E-state index is 12.5. The van der Waals surface area contributed by atoms with Gasteiger partial charge in [-0.2, -0.15) is 15.0 Å². The maximum Gasteiger partial charge on any atom is 0.256 e. The quantitative estimate of drug-likeness (QED) is 0.722. The number of hydrogen-bond acceptors (Lipinski definition) is 5. The van der Waals surface area contributed by atoms with E-state index in [4.69, 9.17) is 5.26 Å². The Hall–Kier alpha value is -3.73. The Labute approximate surface area is 155 Å². The molecule has 0 unspecified atom stereocenters. The molecule has 0 bridgehead atoms. The fraction of sp³-hybridized carbons (Fsp3) is 0.211. The molecule has 0 saturated heterocycles. The number of aromatic amines is 1. The van der Waals surface area contributed by atoms with Crippen LogP contribution in [0.2, 0.25) is 0 Å². The molecule has 1 aromatic carbocycles. The minimum Gasteiger partial charge on any atom is -0.306 e. The van der Waals surface area contributed by atoms with Crippen molar-refractivity contribution in [3.05, 3.63) is 69.3 Å². The summed E-state index contributed by atoms with van der Waals surface area (Å²) in [5, 5.41) is 15.9. The van der Waals surface area contributed by atoms with Crippen LogP contribution in [0.1, 0.15) is 40.7 Å². The summed E-state index contributed by atoms with van der Waals surface area (Å²) in [4.78, 5) is 31.5. The Morgan fingerprint density at radius 1 is 1.30 bits per heavy atom. The van der Waals surface area contributed by atoms with E-state index >= 15 is 0 Å². The number of hydrogen-bond donors (Lipinski definition) is 2. The van der Waals surface area contributed by atoms with Gasteiger partial charge in [-0.1, -0.05) is 13.3 Å². The summed E-state index contributed by atoms with van der Waals surface area (Å²) in [7, 11) is 0. The molecule has 2 heterocycles. The number of nitrogens with zero attached hydrogens (tertiary/aromatic N) is 4. The lowest BCUT2D eigenvalue weighted by Gasteiger charge is -2.09. The molecule has 0 aliphatic carbocycles. The van der Waals surface area contributed by atoms with E-state index in [1.54, 1.807) is 37.3 Å². The SMILES string of the molecule is CCCc1cc(=O)[nH]c(-n2nc(C)cc2NC(=O)c2ccc(C#N)cc2)n1. The Morgan fingerprint density at radius 2 is 2.04 bits per heavy atom. The van der Waals surface area contributed by atoms with Gasteiger partial charge < -0.3 is 5.32 Å². The topological polar surface area (TPSA) is 116 Å². The van der Waals surface area contributed by atoms with Crippen molar-refractivity contribution in [3.8, 4) is 12.0 Å². The van der Waals surface area contributed by atoms with Gasteiger partial charge >= 0.3 is 0 Å². The highest BCUT2D eigenvalue weighted by atomic mass is 16.1. The molecule has 3 rings (SSSR count). The average molecular weight is 362 g/mol. The van der Waals surface area contributed by atoms with Crippen LogP contribution >= 0.6 is 0 Å². The molecule has 8 heteroatoms. The van der Waals surface area contributed by atoms with Crippen LogP contribution in [0.25, 0.3) is 5.95 Å². The van der Waals surface area contributed by atoms with Crippen molar-refractivity contribution in [3.63, 3.8) is 0 Å². The van der Waals surface area contributed by atoms with Gasteiger partial charge in [-0.25, -0.2) is 4.98 Å². The minimum atomic E-state index is -0.354. The van der Waals surface area contributed by atoms with Gasteiger partial charge in [0.1, 0.15) is 5.82 Å². The highest BCUT2D eigenvalue weighted by Gasteiger charge is 2.14. The zero-order chi connectivity index (χ0) is 19.4. The molecule has 0 aliphatic heterocycles. The number of H-pyrrole nitrogens is 1. The number of aromatic nitrogens is 4. The van der Waals surface area contributed by atoms with Crippen molar-refractivity contribution >= 4 is 11.7 Å². The van der Waals surface area contributed by atoms with Crippen LogP contribution in [0, 0.1) is 18.3 Å². The molecule has 0 fully saturated rings. The van der Waals surface area contributed by atoms with Gasteiger partial charge in [0.2, 0.25) is 5.95 Å². The summed E-state index contributed by atoms with van der Waals surface area (Å²) in [5.74, 6) is 0.278. The third-order valence-electron chi connectivity index (χ3n) is 3.84. The van der Waals surface area contributed by atoms with Gasteiger partial charge in [0.25, 0.3) is 11.5 Å². The van der Waals surface area contributed by atoms with Gasteiger partial charge in [-0.05, 0) is 37.6 Å². The lowest BCUT2D eigenvalue weighted by atomic mass is 10.1. The van der Waals surface area contributed by atoms with E-state index in [9.17, 15) is 9.59 Å². The van der Waals surface area contributed by atoms with Crippen LogP contribution < -0.4 is 10.9 Å². The second-order valence-electron chi connectivity index (χ2n) is 6.04. The summed E-state index contributed by atoms with van der Waals surface area (Å²) < 4.78 is 1.40. The molecular formula is C19H18N6O2. The molecule has 0 saturated carbocycles. The lowest BCUT2D eigenvalue weighted by molar-refractivity contribution is 0.102. The Balaban J connectivity index is 1.93. The first-order chi connectivity index (χ1) is 13.0. The number of amides is 1. The molecule has 3 aromatic rings. The maximum atomic E-state index is 12.5. The van der Waals surface area contributed by atoms with E-state index in [0.29, 0.717) is 34.8 Å². The molecule has 2 aromatic heterocycles. The molecule has 0 atom stereocenters. The molecule has 0 radical (unpaired) electrons. The van der Waals surface area contributed by atoms with Gasteiger partial charge in [-0.15, -0.1) is 0 Å². The van der Waals surface area contributed by atoms with Crippen molar-refractivity contribution in [2.24, 2.45) is 0 Å². The van der Waals surface area contributed by atoms with Crippen molar-refractivity contribution in [1.82, 2.24) is 19.7 Å². The van der Waals surface area contributed by atoms with Crippen LogP contribution in [0.15, 0.2) is 41.2 Å². The molecular weight excluding hydrogens is 344 g/mol. The minimum absolute atomic E-state index is 0.245. The van der Waals surface area contributed by atoms with Gasteiger partial charge in [-0.3, -0.25) is 14.6 Å². The summed E-state index contributed by atoms with van der Waals surface area (Å²) in [6.45, 7) is 3.78. The number of nitrogens with one attached hydrogen (secondary N) is 2. The van der Waals surface area contributed by atoms with Crippen LogP contribution in [0.5, 0.6) is 0 Å². The predicted molar refractivity (Wildman–Crippen MR) is 99.8 cm³/mol. The van der Waals surface area contributed by atoms with E-state index in [1.807, 2.05) is 13.0 Å². The fourth-order valence-electron chi connectivity index (χ4n) is 2.61. The highest BCUT2D eigenvalue weighted by Crippen LogP contribution is 2.16. The Kier molecular flexibility index (Phi) is 5.13. The second kappa shape index (κ2) is 7.66. The first-order valence-corrected chi connectivity index (χ1v) is 8.49. The normalized spacial score (nSPS) is 10.4. The Bertz CT molecular complexity index is 1070. The summed E-state index contributed by atoms with van der Waals surface area (Å²) in [5.41, 5.74) is 1.92. The number of benzene rings is 1. The molecule has 27 heavy (non-hydrogen) atoms. The monoisotopic (exact) mass is 362 g/mol. The lowest BCUT2D eigenvalue weighted by Crippen LogP contribution is -2.19. The van der Waals surface area contributed by atoms with E-state index < -0.39 is 0 Å². The molecule has 136 valence electrons. The van der Waals surface area contributed by atoms with Gasteiger partial charge in [0.05, 0.1) is 17.3 Å². The van der Waals surface area contributed by atoms with Crippen molar-refractivity contribution < 1.29 is 4.79 Å². The number of carbonyl (C=O) groups is 1. The number of anilines is 1. The van der Waals surface area contributed by atoms with Crippen LogP contribution in [-0.2, 0) is 6.42 Å². The molecule has 2 N–H and O–H groups in total.